The topological polar surface area (TPSA) is 73.6 Å². The van der Waals surface area contributed by atoms with Crippen LogP contribution in [0.25, 0.3) is 11.3 Å². The molecule has 0 spiro atoms. The molecule has 1 N–H and O–H groups in total. The molecule has 1 aromatic heterocycles. The van der Waals surface area contributed by atoms with Crippen LogP contribution >= 0.6 is 11.6 Å². The van der Waals surface area contributed by atoms with Crippen LogP contribution in [-0.2, 0) is 0 Å². The highest BCUT2D eigenvalue weighted by Crippen LogP contribution is 2.30. The number of amides is 1. The minimum absolute atomic E-state index is 0.159. The molecule has 128 valence electrons. The van der Waals surface area contributed by atoms with Gasteiger partial charge in [-0.2, -0.15) is 0 Å². The number of nitrogens with one attached hydrogen (secondary N) is 1. The molecule has 0 saturated heterocycles. The van der Waals surface area contributed by atoms with Gasteiger partial charge in [0.15, 0.2) is 17.8 Å². The van der Waals surface area contributed by atoms with Gasteiger partial charge in [0, 0.05) is 10.6 Å². The third-order valence-corrected chi connectivity index (χ3v) is 3.78. The third-order valence-electron chi connectivity index (χ3n) is 3.54. The van der Waals surface area contributed by atoms with Crippen molar-refractivity contribution in [3.63, 3.8) is 0 Å². The van der Waals surface area contributed by atoms with Crippen molar-refractivity contribution in [3.05, 3.63) is 59.6 Å². The summed E-state index contributed by atoms with van der Waals surface area (Å²) in [6.45, 7) is 0. The second-order valence-corrected chi connectivity index (χ2v) is 5.49. The fourth-order valence-electron chi connectivity index (χ4n) is 2.31. The molecule has 0 fully saturated rings. The Balaban J connectivity index is 1.89. The molecular weight excluding hydrogens is 344 g/mol. The maximum Gasteiger partial charge on any atom is 0.278 e. The van der Waals surface area contributed by atoms with Gasteiger partial charge in [-0.25, -0.2) is 4.98 Å². The zero-order valence-electron chi connectivity index (χ0n) is 13.6. The van der Waals surface area contributed by atoms with Gasteiger partial charge in [-0.05, 0) is 42.5 Å². The first-order chi connectivity index (χ1) is 12.1. The normalized spacial score (nSPS) is 10.4. The number of carbonyl (C=O) groups excluding carboxylic acids is 1. The number of hydrogen-bond acceptors (Lipinski definition) is 5. The van der Waals surface area contributed by atoms with Crippen LogP contribution < -0.4 is 14.8 Å². The minimum Gasteiger partial charge on any atom is -0.497 e. The van der Waals surface area contributed by atoms with Crippen molar-refractivity contribution < 1.29 is 18.7 Å². The fourth-order valence-corrected chi connectivity index (χ4v) is 2.49. The van der Waals surface area contributed by atoms with Gasteiger partial charge in [0.05, 0.1) is 19.9 Å². The van der Waals surface area contributed by atoms with Crippen molar-refractivity contribution >= 4 is 23.2 Å². The number of hydrogen-bond donors (Lipinski definition) is 1. The maximum atomic E-state index is 12.6. The summed E-state index contributed by atoms with van der Waals surface area (Å²) in [5.41, 5.74) is 1.32. The number of nitrogens with zero attached hydrogens (tertiary/aromatic N) is 1. The van der Waals surface area contributed by atoms with Crippen molar-refractivity contribution in [2.24, 2.45) is 0 Å². The van der Waals surface area contributed by atoms with E-state index in [1.165, 1.54) is 13.5 Å². The van der Waals surface area contributed by atoms with Crippen LogP contribution in [0.2, 0.25) is 5.02 Å². The Morgan fingerprint density at radius 2 is 1.88 bits per heavy atom. The fraction of sp³-hybridized carbons (Fsp3) is 0.111. The number of halogens is 1. The summed E-state index contributed by atoms with van der Waals surface area (Å²) in [7, 11) is 3.10. The first-order valence-electron chi connectivity index (χ1n) is 7.35. The van der Waals surface area contributed by atoms with Crippen LogP contribution in [0, 0.1) is 0 Å². The summed E-state index contributed by atoms with van der Waals surface area (Å²) < 4.78 is 15.7. The largest absolute Gasteiger partial charge is 0.497 e. The van der Waals surface area contributed by atoms with E-state index in [9.17, 15) is 4.79 Å². The molecule has 0 saturated carbocycles. The van der Waals surface area contributed by atoms with E-state index < -0.39 is 5.91 Å². The van der Waals surface area contributed by atoms with Crippen molar-refractivity contribution in [2.75, 3.05) is 19.5 Å². The molecule has 3 rings (SSSR count). The quantitative estimate of drug-likeness (QED) is 0.737. The number of benzene rings is 2. The number of methoxy groups -OCH3 is 2. The molecule has 0 aliphatic heterocycles. The lowest BCUT2D eigenvalue weighted by molar-refractivity contribution is 0.102. The molecule has 0 atom stereocenters. The molecule has 0 radical (unpaired) electrons. The van der Waals surface area contributed by atoms with Gasteiger partial charge in [0.2, 0.25) is 0 Å². The van der Waals surface area contributed by atoms with Crippen LogP contribution in [0.5, 0.6) is 11.5 Å². The van der Waals surface area contributed by atoms with E-state index >= 15 is 0 Å². The summed E-state index contributed by atoms with van der Waals surface area (Å²) in [4.78, 5) is 16.6. The minimum atomic E-state index is -0.430. The Morgan fingerprint density at radius 3 is 2.56 bits per heavy atom. The molecule has 0 bridgehead atoms. The van der Waals surface area contributed by atoms with Crippen LogP contribution in [0.1, 0.15) is 10.5 Å². The molecule has 7 heteroatoms. The van der Waals surface area contributed by atoms with Crippen LogP contribution in [0.15, 0.2) is 53.3 Å². The molecule has 1 heterocycles. The summed E-state index contributed by atoms with van der Waals surface area (Å²) in [6.07, 6.45) is 1.23. The highest BCUT2D eigenvalue weighted by molar-refractivity contribution is 6.31. The molecule has 2 aromatic carbocycles. The average molecular weight is 359 g/mol. The molecule has 6 nitrogen and oxygen atoms in total. The Bertz CT molecular complexity index is 890. The van der Waals surface area contributed by atoms with Crippen LogP contribution in [0.3, 0.4) is 0 Å². The maximum absolute atomic E-state index is 12.6. The second-order valence-electron chi connectivity index (χ2n) is 5.06. The highest BCUT2D eigenvalue weighted by atomic mass is 35.5. The first-order valence-corrected chi connectivity index (χ1v) is 7.73. The Hall–Kier alpha value is -2.99. The van der Waals surface area contributed by atoms with E-state index in [1.807, 2.05) is 0 Å². The van der Waals surface area contributed by atoms with E-state index in [0.717, 1.165) is 0 Å². The zero-order chi connectivity index (χ0) is 17.8. The van der Waals surface area contributed by atoms with Gasteiger partial charge in [-0.3, -0.25) is 4.79 Å². The van der Waals surface area contributed by atoms with E-state index in [1.54, 1.807) is 49.6 Å². The number of ether oxygens (including phenoxy) is 2. The summed E-state index contributed by atoms with van der Waals surface area (Å²) in [5, 5.41) is 3.22. The smallest absolute Gasteiger partial charge is 0.278 e. The molecule has 3 aromatic rings. The zero-order valence-corrected chi connectivity index (χ0v) is 14.3. The van der Waals surface area contributed by atoms with Crippen molar-refractivity contribution in [1.82, 2.24) is 4.98 Å². The van der Waals surface area contributed by atoms with E-state index in [0.29, 0.717) is 33.5 Å². The van der Waals surface area contributed by atoms with Gasteiger partial charge in [-0.1, -0.05) is 11.6 Å². The van der Waals surface area contributed by atoms with Gasteiger partial charge < -0.3 is 19.2 Å². The van der Waals surface area contributed by atoms with Gasteiger partial charge >= 0.3 is 0 Å². The highest BCUT2D eigenvalue weighted by Gasteiger charge is 2.20. The Labute approximate surface area is 149 Å². The molecular formula is C18H15ClN2O4. The second kappa shape index (κ2) is 7.27. The van der Waals surface area contributed by atoms with Crippen LogP contribution in [-0.4, -0.2) is 25.1 Å². The molecule has 1 amide bonds. The molecule has 0 aliphatic carbocycles. The molecule has 0 aliphatic rings. The SMILES string of the molecule is COc1ccc(-c2ocnc2C(=O)Nc2cc(Cl)ccc2OC)cc1. The predicted molar refractivity (Wildman–Crippen MR) is 94.4 cm³/mol. The summed E-state index contributed by atoms with van der Waals surface area (Å²) in [5.74, 6) is 1.13. The van der Waals surface area contributed by atoms with Gasteiger partial charge in [-0.15, -0.1) is 0 Å². The van der Waals surface area contributed by atoms with Gasteiger partial charge in [0.25, 0.3) is 5.91 Å². The van der Waals surface area contributed by atoms with Crippen molar-refractivity contribution in [2.45, 2.75) is 0 Å². The Kier molecular flexibility index (Phi) is 4.90. The molecule has 0 unspecified atom stereocenters. The lowest BCUT2D eigenvalue weighted by atomic mass is 10.1. The van der Waals surface area contributed by atoms with Crippen molar-refractivity contribution in [3.8, 4) is 22.8 Å². The predicted octanol–water partition coefficient (Wildman–Crippen LogP) is 4.26. The number of carbonyl (C=O) groups is 1. The number of rotatable bonds is 5. The lowest BCUT2D eigenvalue weighted by Gasteiger charge is -2.10. The van der Waals surface area contributed by atoms with E-state index in [4.69, 9.17) is 25.5 Å². The first kappa shape index (κ1) is 16.9. The van der Waals surface area contributed by atoms with Gasteiger partial charge in [0.1, 0.15) is 11.5 Å². The Morgan fingerprint density at radius 1 is 1.12 bits per heavy atom. The van der Waals surface area contributed by atoms with Crippen molar-refractivity contribution in [1.29, 1.82) is 0 Å². The number of oxazole rings is 1. The van der Waals surface area contributed by atoms with E-state index in [-0.39, 0.29) is 5.69 Å². The lowest BCUT2D eigenvalue weighted by Crippen LogP contribution is -2.14. The summed E-state index contributed by atoms with van der Waals surface area (Å²) >= 11 is 5.99. The average Bonchev–Trinajstić information content (AvgIpc) is 3.12. The molecule has 25 heavy (non-hydrogen) atoms. The van der Waals surface area contributed by atoms with E-state index in [2.05, 4.69) is 10.3 Å². The third kappa shape index (κ3) is 3.59. The monoisotopic (exact) mass is 358 g/mol. The van der Waals surface area contributed by atoms with Crippen LogP contribution in [0.4, 0.5) is 5.69 Å². The summed E-state index contributed by atoms with van der Waals surface area (Å²) in [6, 6.07) is 12.1. The standard InChI is InChI=1S/C18H15ClN2O4/c1-23-13-6-3-11(4-7-13)17-16(20-10-25-17)18(22)21-14-9-12(19)5-8-15(14)24-2/h3-10H,1-2H3,(H,21,22). The number of anilines is 1. The number of aromatic nitrogens is 1.